The Morgan fingerprint density at radius 1 is 1.13 bits per heavy atom. The molecule has 3 heterocycles. The first-order chi connectivity index (χ1) is 14.5. The number of thiazole rings is 1. The highest BCUT2D eigenvalue weighted by atomic mass is 32.1. The van der Waals surface area contributed by atoms with Crippen molar-refractivity contribution in [1.82, 2.24) is 9.97 Å². The van der Waals surface area contributed by atoms with E-state index in [1.165, 1.54) is 11.3 Å². The minimum absolute atomic E-state index is 0.202. The molecule has 0 bridgehead atoms. The van der Waals surface area contributed by atoms with Gasteiger partial charge in [-0.2, -0.15) is 0 Å². The average molecular weight is 423 g/mol. The van der Waals surface area contributed by atoms with Crippen LogP contribution in [0.5, 0.6) is 11.5 Å². The average Bonchev–Trinajstić information content (AvgIpc) is 3.34. The maximum atomic E-state index is 13.5. The first-order valence-corrected chi connectivity index (χ1v) is 10.1. The summed E-state index contributed by atoms with van der Waals surface area (Å²) in [6.45, 7) is 3.87. The summed E-state index contributed by atoms with van der Waals surface area (Å²) in [5.74, 6) is 2.34. The Bertz CT molecular complexity index is 1160. The molecule has 0 aliphatic carbocycles. The molecule has 0 aliphatic heterocycles. The van der Waals surface area contributed by atoms with Crippen LogP contribution in [-0.2, 0) is 6.54 Å². The third kappa shape index (κ3) is 3.61. The fraction of sp³-hybridized carbons (Fsp3) is 0.227. The van der Waals surface area contributed by atoms with E-state index in [4.69, 9.17) is 18.9 Å². The zero-order valence-corrected chi connectivity index (χ0v) is 17.9. The molecule has 154 valence electrons. The molecule has 0 unspecified atom stereocenters. The van der Waals surface area contributed by atoms with Gasteiger partial charge in [0.05, 0.1) is 32.0 Å². The second-order valence-electron chi connectivity index (χ2n) is 6.68. The number of carbonyl (C=O) groups excluding carboxylic acids is 1. The second kappa shape index (κ2) is 8.16. The number of aromatic nitrogens is 2. The van der Waals surface area contributed by atoms with E-state index in [-0.39, 0.29) is 12.5 Å². The van der Waals surface area contributed by atoms with E-state index in [0.29, 0.717) is 39.2 Å². The van der Waals surface area contributed by atoms with Crippen molar-refractivity contribution in [2.24, 2.45) is 0 Å². The van der Waals surface area contributed by atoms with Gasteiger partial charge in [0, 0.05) is 6.20 Å². The Morgan fingerprint density at radius 2 is 1.90 bits per heavy atom. The number of ether oxygens (including phenoxy) is 2. The summed E-state index contributed by atoms with van der Waals surface area (Å²) in [5.41, 5.74) is 1.90. The number of aryl methyl sites for hydroxylation is 2. The fourth-order valence-corrected chi connectivity index (χ4v) is 4.33. The van der Waals surface area contributed by atoms with Crippen LogP contribution in [-0.4, -0.2) is 30.1 Å². The summed E-state index contributed by atoms with van der Waals surface area (Å²) >= 11 is 1.37. The van der Waals surface area contributed by atoms with Crippen molar-refractivity contribution in [3.63, 3.8) is 0 Å². The van der Waals surface area contributed by atoms with E-state index in [2.05, 4.69) is 4.98 Å². The fourth-order valence-electron chi connectivity index (χ4n) is 3.26. The molecule has 8 heteroatoms. The predicted molar refractivity (Wildman–Crippen MR) is 116 cm³/mol. The number of rotatable bonds is 6. The maximum Gasteiger partial charge on any atom is 0.263 e. The van der Waals surface area contributed by atoms with Gasteiger partial charge in [-0.05, 0) is 44.2 Å². The molecule has 0 fully saturated rings. The van der Waals surface area contributed by atoms with Crippen LogP contribution < -0.4 is 14.4 Å². The standard InChI is InChI=1S/C22H21N3O4S/c1-13-11-16(14(2)29-13)21(26)25(12-15-7-5-6-10-23-15)22-24-19-17(27-3)8-9-18(28-4)20(19)30-22/h5-11H,12H2,1-4H3. The first-order valence-electron chi connectivity index (χ1n) is 9.32. The van der Waals surface area contributed by atoms with Crippen molar-refractivity contribution >= 4 is 32.6 Å². The van der Waals surface area contributed by atoms with E-state index in [1.54, 1.807) is 44.4 Å². The maximum absolute atomic E-state index is 13.5. The Morgan fingerprint density at radius 3 is 2.53 bits per heavy atom. The van der Waals surface area contributed by atoms with Gasteiger partial charge in [0.1, 0.15) is 33.2 Å². The quantitative estimate of drug-likeness (QED) is 0.445. The first kappa shape index (κ1) is 19.9. The molecule has 30 heavy (non-hydrogen) atoms. The minimum Gasteiger partial charge on any atom is -0.495 e. The molecule has 0 aliphatic rings. The lowest BCUT2D eigenvalue weighted by molar-refractivity contribution is 0.0983. The smallest absolute Gasteiger partial charge is 0.263 e. The molecule has 0 N–H and O–H groups in total. The number of anilines is 1. The van der Waals surface area contributed by atoms with Crippen molar-refractivity contribution in [2.45, 2.75) is 20.4 Å². The molecule has 0 saturated heterocycles. The number of pyridine rings is 1. The molecule has 3 aromatic heterocycles. The van der Waals surface area contributed by atoms with Crippen LogP contribution in [0.1, 0.15) is 27.6 Å². The van der Waals surface area contributed by atoms with Crippen LogP contribution in [0, 0.1) is 13.8 Å². The summed E-state index contributed by atoms with van der Waals surface area (Å²) in [7, 11) is 3.20. The largest absolute Gasteiger partial charge is 0.495 e. The lowest BCUT2D eigenvalue weighted by atomic mass is 10.2. The van der Waals surface area contributed by atoms with E-state index in [9.17, 15) is 4.79 Å². The zero-order valence-electron chi connectivity index (χ0n) is 17.1. The minimum atomic E-state index is -0.202. The molecular weight excluding hydrogens is 402 g/mol. The molecular formula is C22H21N3O4S. The number of fused-ring (bicyclic) bond motifs is 1. The third-order valence-corrected chi connectivity index (χ3v) is 5.79. The van der Waals surface area contributed by atoms with Crippen LogP contribution >= 0.6 is 11.3 Å². The summed E-state index contributed by atoms with van der Waals surface area (Å²) in [4.78, 5) is 24.2. The number of benzene rings is 1. The molecule has 4 rings (SSSR count). The Hall–Kier alpha value is -3.39. The predicted octanol–water partition coefficient (Wildman–Crippen LogP) is 4.77. The highest BCUT2D eigenvalue weighted by molar-refractivity contribution is 7.22. The topological polar surface area (TPSA) is 77.7 Å². The molecule has 0 spiro atoms. The summed E-state index contributed by atoms with van der Waals surface area (Å²) in [6.07, 6.45) is 1.70. The van der Waals surface area contributed by atoms with E-state index >= 15 is 0 Å². The zero-order chi connectivity index (χ0) is 21.3. The number of hydrogen-bond donors (Lipinski definition) is 0. The van der Waals surface area contributed by atoms with E-state index in [1.807, 2.05) is 31.2 Å². The second-order valence-corrected chi connectivity index (χ2v) is 7.66. The van der Waals surface area contributed by atoms with Crippen LogP contribution in [0.25, 0.3) is 10.2 Å². The van der Waals surface area contributed by atoms with Crippen LogP contribution in [0.2, 0.25) is 0 Å². The lowest BCUT2D eigenvalue weighted by Gasteiger charge is -2.19. The van der Waals surface area contributed by atoms with Gasteiger partial charge in [-0.25, -0.2) is 4.98 Å². The number of carbonyl (C=O) groups is 1. The molecule has 0 radical (unpaired) electrons. The SMILES string of the molecule is COc1ccc(OC)c2sc(N(Cc3ccccn3)C(=O)c3cc(C)oc3C)nc12. The number of furan rings is 1. The van der Waals surface area contributed by atoms with Crippen LogP contribution in [0.3, 0.4) is 0 Å². The summed E-state index contributed by atoms with van der Waals surface area (Å²) < 4.78 is 17.3. The van der Waals surface area contributed by atoms with E-state index < -0.39 is 0 Å². The van der Waals surface area contributed by atoms with Crippen molar-refractivity contribution in [2.75, 3.05) is 19.1 Å². The molecule has 1 amide bonds. The molecule has 1 aromatic carbocycles. The highest BCUT2D eigenvalue weighted by Gasteiger charge is 2.26. The van der Waals surface area contributed by atoms with Gasteiger partial charge < -0.3 is 13.9 Å². The number of nitrogens with zero attached hydrogens (tertiary/aromatic N) is 3. The van der Waals surface area contributed by atoms with Gasteiger partial charge in [0.2, 0.25) is 0 Å². The normalized spacial score (nSPS) is 10.9. The van der Waals surface area contributed by atoms with Crippen LogP contribution in [0.15, 0.2) is 47.0 Å². The van der Waals surface area contributed by atoms with Crippen molar-refractivity contribution in [1.29, 1.82) is 0 Å². The monoisotopic (exact) mass is 423 g/mol. The summed E-state index contributed by atoms with van der Waals surface area (Å²) in [6, 6.07) is 11.0. The molecule has 7 nitrogen and oxygen atoms in total. The van der Waals surface area contributed by atoms with Gasteiger partial charge in [0.15, 0.2) is 5.13 Å². The van der Waals surface area contributed by atoms with Crippen molar-refractivity contribution in [3.05, 3.63) is 65.4 Å². The van der Waals surface area contributed by atoms with Gasteiger partial charge in [-0.15, -0.1) is 0 Å². The number of hydrogen-bond acceptors (Lipinski definition) is 7. The third-order valence-electron chi connectivity index (χ3n) is 4.69. The Labute approximate surface area is 177 Å². The van der Waals surface area contributed by atoms with Gasteiger partial charge in [0.25, 0.3) is 5.91 Å². The van der Waals surface area contributed by atoms with Crippen molar-refractivity contribution in [3.8, 4) is 11.5 Å². The lowest BCUT2D eigenvalue weighted by Crippen LogP contribution is -2.30. The summed E-state index contributed by atoms with van der Waals surface area (Å²) in [5, 5.41) is 0.529. The van der Waals surface area contributed by atoms with Crippen LogP contribution in [0.4, 0.5) is 5.13 Å². The number of amides is 1. The van der Waals surface area contributed by atoms with Gasteiger partial charge in [-0.1, -0.05) is 17.4 Å². The molecule has 0 atom stereocenters. The highest BCUT2D eigenvalue weighted by Crippen LogP contribution is 2.40. The Kier molecular flexibility index (Phi) is 5.41. The van der Waals surface area contributed by atoms with Crippen molar-refractivity contribution < 1.29 is 18.7 Å². The molecule has 0 saturated carbocycles. The van der Waals surface area contributed by atoms with E-state index in [0.717, 1.165) is 10.4 Å². The number of methoxy groups -OCH3 is 2. The Balaban J connectivity index is 1.85. The van der Waals surface area contributed by atoms with Gasteiger partial charge >= 0.3 is 0 Å². The van der Waals surface area contributed by atoms with Gasteiger partial charge in [-0.3, -0.25) is 14.7 Å². The molecule has 4 aromatic rings.